The van der Waals surface area contributed by atoms with Crippen LogP contribution >= 0.6 is 11.3 Å². The molecule has 0 aliphatic heterocycles. The van der Waals surface area contributed by atoms with Gasteiger partial charge in [-0.3, -0.25) is 0 Å². The maximum atomic E-state index is 13.6. The van der Waals surface area contributed by atoms with Crippen LogP contribution in [0.25, 0.3) is 10.4 Å². The van der Waals surface area contributed by atoms with Crippen molar-refractivity contribution in [1.29, 1.82) is 0 Å². The van der Waals surface area contributed by atoms with Crippen molar-refractivity contribution >= 4 is 16.5 Å². The summed E-state index contributed by atoms with van der Waals surface area (Å²) in [6, 6.07) is 6.79. The highest BCUT2D eigenvalue weighted by molar-refractivity contribution is 7.19. The van der Waals surface area contributed by atoms with Crippen LogP contribution in [0.4, 0.5) is 9.52 Å². The van der Waals surface area contributed by atoms with Crippen LogP contribution in [0.15, 0.2) is 24.3 Å². The van der Waals surface area contributed by atoms with Crippen LogP contribution in [0.2, 0.25) is 0 Å². The fourth-order valence-electron chi connectivity index (χ4n) is 1.52. The molecule has 84 valence electrons. The van der Waals surface area contributed by atoms with Crippen molar-refractivity contribution in [2.45, 2.75) is 13.8 Å². The van der Waals surface area contributed by atoms with Crippen molar-refractivity contribution in [3.8, 4) is 10.4 Å². The molecule has 0 saturated heterocycles. The smallest absolute Gasteiger partial charge is 0.183 e. The number of benzene rings is 1. The minimum absolute atomic E-state index is 0.197. The summed E-state index contributed by atoms with van der Waals surface area (Å²) in [5.74, 6) is -0.197. The van der Waals surface area contributed by atoms with Gasteiger partial charge in [0.1, 0.15) is 5.82 Å². The lowest BCUT2D eigenvalue weighted by molar-refractivity contribution is 0.631. The summed E-state index contributed by atoms with van der Waals surface area (Å²) >= 11 is 1.49. The summed E-state index contributed by atoms with van der Waals surface area (Å²) in [4.78, 5) is 5.26. The normalized spacial score (nSPS) is 10.4. The van der Waals surface area contributed by atoms with E-state index in [1.807, 2.05) is 19.9 Å². The Hall–Kier alpha value is -1.42. The number of anilines is 1. The van der Waals surface area contributed by atoms with E-state index in [-0.39, 0.29) is 5.82 Å². The lowest BCUT2D eigenvalue weighted by atomic mass is 10.1. The maximum Gasteiger partial charge on any atom is 0.183 e. The Bertz CT molecular complexity index is 494. The molecule has 0 spiro atoms. The molecule has 0 bridgehead atoms. The topological polar surface area (TPSA) is 24.9 Å². The Kier molecular flexibility index (Phi) is 3.19. The Morgan fingerprint density at radius 1 is 1.38 bits per heavy atom. The van der Waals surface area contributed by atoms with E-state index in [0.717, 1.165) is 22.2 Å². The van der Waals surface area contributed by atoms with Crippen LogP contribution in [-0.2, 0) is 0 Å². The molecule has 0 aliphatic rings. The van der Waals surface area contributed by atoms with Gasteiger partial charge in [-0.2, -0.15) is 0 Å². The summed E-state index contributed by atoms with van der Waals surface area (Å²) in [5.41, 5.74) is 1.49. The van der Waals surface area contributed by atoms with Gasteiger partial charge in [0, 0.05) is 12.1 Å². The van der Waals surface area contributed by atoms with Gasteiger partial charge >= 0.3 is 0 Å². The van der Waals surface area contributed by atoms with E-state index < -0.39 is 0 Å². The van der Waals surface area contributed by atoms with E-state index in [9.17, 15) is 4.39 Å². The summed E-state index contributed by atoms with van der Waals surface area (Å²) < 4.78 is 13.6. The highest BCUT2D eigenvalue weighted by atomic mass is 32.1. The summed E-state index contributed by atoms with van der Waals surface area (Å²) in [7, 11) is 0. The third kappa shape index (κ3) is 2.07. The molecule has 2 aromatic rings. The lowest BCUT2D eigenvalue weighted by Crippen LogP contribution is -1.94. The van der Waals surface area contributed by atoms with Gasteiger partial charge in [-0.25, -0.2) is 9.37 Å². The van der Waals surface area contributed by atoms with Gasteiger partial charge in [0.25, 0.3) is 0 Å². The van der Waals surface area contributed by atoms with Gasteiger partial charge in [0.05, 0.1) is 10.6 Å². The molecule has 1 aromatic heterocycles. The predicted molar refractivity (Wildman–Crippen MR) is 66.4 cm³/mol. The average molecular weight is 236 g/mol. The van der Waals surface area contributed by atoms with Gasteiger partial charge in [-0.15, -0.1) is 0 Å². The Labute approximate surface area is 98.2 Å². The number of hydrogen-bond donors (Lipinski definition) is 1. The molecular weight excluding hydrogens is 223 g/mol. The highest BCUT2D eigenvalue weighted by Gasteiger charge is 2.12. The molecule has 0 atom stereocenters. The van der Waals surface area contributed by atoms with Gasteiger partial charge < -0.3 is 5.32 Å². The number of rotatable bonds is 3. The van der Waals surface area contributed by atoms with Crippen molar-refractivity contribution in [3.05, 3.63) is 35.8 Å². The number of thiazole rings is 1. The zero-order valence-electron chi connectivity index (χ0n) is 9.25. The second-order valence-corrected chi connectivity index (χ2v) is 4.44. The van der Waals surface area contributed by atoms with E-state index >= 15 is 0 Å². The van der Waals surface area contributed by atoms with Crippen LogP contribution in [0.5, 0.6) is 0 Å². The molecule has 0 saturated carbocycles. The average Bonchev–Trinajstić information content (AvgIpc) is 2.61. The zero-order chi connectivity index (χ0) is 11.5. The third-order valence-electron chi connectivity index (χ3n) is 2.24. The van der Waals surface area contributed by atoms with Crippen molar-refractivity contribution in [2.24, 2.45) is 0 Å². The van der Waals surface area contributed by atoms with E-state index in [1.165, 1.54) is 17.4 Å². The molecule has 1 heterocycles. The molecule has 16 heavy (non-hydrogen) atoms. The van der Waals surface area contributed by atoms with Gasteiger partial charge in [0.15, 0.2) is 5.13 Å². The maximum absolute atomic E-state index is 13.6. The van der Waals surface area contributed by atoms with E-state index in [0.29, 0.717) is 5.56 Å². The van der Waals surface area contributed by atoms with Crippen LogP contribution < -0.4 is 5.32 Å². The van der Waals surface area contributed by atoms with Gasteiger partial charge in [-0.05, 0) is 19.9 Å². The Morgan fingerprint density at radius 2 is 2.12 bits per heavy atom. The summed E-state index contributed by atoms with van der Waals surface area (Å²) in [5, 5.41) is 3.99. The first kappa shape index (κ1) is 11.1. The quantitative estimate of drug-likeness (QED) is 0.879. The number of nitrogens with one attached hydrogen (secondary N) is 1. The number of halogens is 1. The van der Waals surface area contributed by atoms with Crippen molar-refractivity contribution < 1.29 is 4.39 Å². The van der Waals surface area contributed by atoms with Crippen molar-refractivity contribution in [3.63, 3.8) is 0 Å². The first-order valence-corrected chi connectivity index (χ1v) is 6.00. The number of hydrogen-bond acceptors (Lipinski definition) is 3. The monoisotopic (exact) mass is 236 g/mol. The third-order valence-corrected chi connectivity index (χ3v) is 3.39. The molecule has 1 N–H and O–H groups in total. The second-order valence-electron chi connectivity index (χ2n) is 3.44. The highest BCUT2D eigenvalue weighted by Crippen LogP contribution is 2.33. The summed E-state index contributed by atoms with van der Waals surface area (Å²) in [6.07, 6.45) is 0. The molecule has 2 nitrogen and oxygen atoms in total. The fraction of sp³-hybridized carbons (Fsp3) is 0.250. The number of aromatic nitrogens is 1. The van der Waals surface area contributed by atoms with Crippen LogP contribution in [0, 0.1) is 12.7 Å². The fourth-order valence-corrected chi connectivity index (χ4v) is 2.58. The zero-order valence-corrected chi connectivity index (χ0v) is 10.1. The lowest BCUT2D eigenvalue weighted by Gasteiger charge is -1.99. The molecule has 0 unspecified atom stereocenters. The molecule has 0 aliphatic carbocycles. The Morgan fingerprint density at radius 3 is 2.81 bits per heavy atom. The summed E-state index contributed by atoms with van der Waals surface area (Å²) in [6.45, 7) is 4.74. The molecular formula is C12H13FN2S. The standard InChI is InChI=1S/C12H13FN2S/c1-3-14-12-15-8(2)11(16-12)9-6-4-5-7-10(9)13/h4-7H,3H2,1-2H3,(H,14,15). The number of aryl methyl sites for hydroxylation is 1. The van der Waals surface area contributed by atoms with E-state index in [1.54, 1.807) is 12.1 Å². The SMILES string of the molecule is CCNc1nc(C)c(-c2ccccc2F)s1. The predicted octanol–water partition coefficient (Wildman–Crippen LogP) is 3.69. The molecule has 0 radical (unpaired) electrons. The first-order valence-electron chi connectivity index (χ1n) is 5.18. The van der Waals surface area contributed by atoms with Crippen molar-refractivity contribution in [1.82, 2.24) is 4.98 Å². The largest absolute Gasteiger partial charge is 0.362 e. The van der Waals surface area contributed by atoms with Crippen LogP contribution in [0.1, 0.15) is 12.6 Å². The Balaban J connectivity index is 2.44. The molecule has 1 aromatic carbocycles. The first-order chi connectivity index (χ1) is 7.72. The van der Waals surface area contributed by atoms with Crippen LogP contribution in [-0.4, -0.2) is 11.5 Å². The van der Waals surface area contributed by atoms with Crippen LogP contribution in [0.3, 0.4) is 0 Å². The molecule has 2 rings (SSSR count). The minimum atomic E-state index is -0.197. The van der Waals surface area contributed by atoms with Gasteiger partial charge in [0.2, 0.25) is 0 Å². The van der Waals surface area contributed by atoms with Gasteiger partial charge in [-0.1, -0.05) is 29.5 Å². The molecule has 0 amide bonds. The minimum Gasteiger partial charge on any atom is -0.362 e. The second kappa shape index (κ2) is 4.61. The van der Waals surface area contributed by atoms with Crippen molar-refractivity contribution in [2.75, 3.05) is 11.9 Å². The van der Waals surface area contributed by atoms with E-state index in [2.05, 4.69) is 10.3 Å². The van der Waals surface area contributed by atoms with E-state index in [4.69, 9.17) is 0 Å². The number of nitrogens with zero attached hydrogens (tertiary/aromatic N) is 1. The molecule has 0 fully saturated rings. The molecule has 4 heteroatoms.